The first-order valence-electron chi connectivity index (χ1n) is 8.99. The highest BCUT2D eigenvalue weighted by molar-refractivity contribution is 6.31. The van der Waals surface area contributed by atoms with Gasteiger partial charge in [0.05, 0.1) is 29.7 Å². The fourth-order valence-electron chi connectivity index (χ4n) is 3.53. The number of anilines is 1. The van der Waals surface area contributed by atoms with Gasteiger partial charge in [0.15, 0.2) is 0 Å². The Kier molecular flexibility index (Phi) is 5.12. The first kappa shape index (κ1) is 19.6. The van der Waals surface area contributed by atoms with Crippen LogP contribution in [0.15, 0.2) is 18.2 Å². The molecule has 2 N–H and O–H groups in total. The van der Waals surface area contributed by atoms with Gasteiger partial charge in [-0.1, -0.05) is 11.6 Å². The lowest BCUT2D eigenvalue weighted by Crippen LogP contribution is -2.39. The van der Waals surface area contributed by atoms with Crippen LogP contribution in [0.3, 0.4) is 0 Å². The van der Waals surface area contributed by atoms with Crippen LogP contribution >= 0.6 is 11.6 Å². The molecular formula is C18H17ClF3N5O2. The maximum absolute atomic E-state index is 13.3. The van der Waals surface area contributed by atoms with E-state index in [1.807, 2.05) is 0 Å². The van der Waals surface area contributed by atoms with Crippen LogP contribution in [0.1, 0.15) is 21.7 Å². The Morgan fingerprint density at radius 2 is 2.17 bits per heavy atom. The molecule has 0 fully saturated rings. The van der Waals surface area contributed by atoms with Gasteiger partial charge in [-0.15, -0.1) is 0 Å². The zero-order valence-corrected chi connectivity index (χ0v) is 15.8. The predicted octanol–water partition coefficient (Wildman–Crippen LogP) is 2.89. The summed E-state index contributed by atoms with van der Waals surface area (Å²) in [5, 5.41) is 9.38. The van der Waals surface area contributed by atoms with Gasteiger partial charge < -0.3 is 15.5 Å². The van der Waals surface area contributed by atoms with Crippen molar-refractivity contribution in [3.05, 3.63) is 46.0 Å². The third-order valence-corrected chi connectivity index (χ3v) is 5.35. The number of nitrogens with zero attached hydrogens (tertiary/aromatic N) is 3. The van der Waals surface area contributed by atoms with Crippen molar-refractivity contribution in [1.29, 1.82) is 0 Å². The summed E-state index contributed by atoms with van der Waals surface area (Å²) in [6.45, 7) is 0.242. The number of nitrogens with one attached hydrogen (secondary N) is 2. The Hall–Kier alpha value is -2.75. The van der Waals surface area contributed by atoms with Gasteiger partial charge in [0.25, 0.3) is 5.91 Å². The number of carbonyl (C=O) groups excluding carboxylic acids is 2. The maximum Gasteiger partial charge on any atom is 0.322 e. The SMILES string of the molecule is O=C1NCC(C(F)F)Cn2nc3c(c21)CN(C(=O)Nc1ccc(F)c(Cl)c1)CC3. The van der Waals surface area contributed by atoms with Crippen molar-refractivity contribution in [2.24, 2.45) is 5.92 Å². The topological polar surface area (TPSA) is 79.3 Å². The van der Waals surface area contributed by atoms with Gasteiger partial charge in [-0.2, -0.15) is 5.10 Å². The van der Waals surface area contributed by atoms with E-state index in [0.717, 1.165) is 6.07 Å². The lowest BCUT2D eigenvalue weighted by molar-refractivity contribution is 0.0667. The highest BCUT2D eigenvalue weighted by atomic mass is 35.5. The van der Waals surface area contributed by atoms with Crippen molar-refractivity contribution in [2.45, 2.75) is 25.9 Å². The van der Waals surface area contributed by atoms with E-state index in [1.165, 1.54) is 21.7 Å². The van der Waals surface area contributed by atoms with Crippen molar-refractivity contribution in [1.82, 2.24) is 20.0 Å². The zero-order chi connectivity index (χ0) is 20.7. The second-order valence-corrected chi connectivity index (χ2v) is 7.40. The second kappa shape index (κ2) is 7.58. The van der Waals surface area contributed by atoms with Crippen LogP contribution in [0.2, 0.25) is 5.02 Å². The number of amides is 3. The van der Waals surface area contributed by atoms with E-state index < -0.39 is 30.1 Å². The molecule has 3 heterocycles. The Labute approximate surface area is 168 Å². The van der Waals surface area contributed by atoms with E-state index in [0.29, 0.717) is 29.9 Å². The van der Waals surface area contributed by atoms with Gasteiger partial charge in [0, 0.05) is 30.8 Å². The molecule has 1 aromatic heterocycles. The first-order chi connectivity index (χ1) is 13.8. The number of halogens is 4. The Bertz CT molecular complexity index is 981. The van der Waals surface area contributed by atoms with Crippen LogP contribution in [0.4, 0.5) is 23.7 Å². The molecule has 29 heavy (non-hydrogen) atoms. The fraction of sp³-hybridized carbons (Fsp3) is 0.389. The average Bonchev–Trinajstić information content (AvgIpc) is 2.95. The van der Waals surface area contributed by atoms with E-state index in [4.69, 9.17) is 11.6 Å². The Morgan fingerprint density at radius 3 is 2.90 bits per heavy atom. The zero-order valence-electron chi connectivity index (χ0n) is 15.1. The van der Waals surface area contributed by atoms with Crippen molar-refractivity contribution in [2.75, 3.05) is 18.4 Å². The molecule has 1 unspecified atom stereocenters. The largest absolute Gasteiger partial charge is 0.350 e. The van der Waals surface area contributed by atoms with Gasteiger partial charge in [-0.25, -0.2) is 18.0 Å². The summed E-state index contributed by atoms with van der Waals surface area (Å²) in [5.74, 6) is -2.10. The van der Waals surface area contributed by atoms with Gasteiger partial charge in [0.2, 0.25) is 6.43 Å². The summed E-state index contributed by atoms with van der Waals surface area (Å²) in [7, 11) is 0. The molecule has 154 valence electrons. The van der Waals surface area contributed by atoms with Crippen LogP contribution in [-0.2, 0) is 19.5 Å². The number of alkyl halides is 2. The highest BCUT2D eigenvalue weighted by Gasteiger charge is 2.34. The minimum absolute atomic E-state index is 0.0704. The monoisotopic (exact) mass is 427 g/mol. The van der Waals surface area contributed by atoms with E-state index >= 15 is 0 Å². The predicted molar refractivity (Wildman–Crippen MR) is 98.6 cm³/mol. The van der Waals surface area contributed by atoms with Gasteiger partial charge >= 0.3 is 6.03 Å². The van der Waals surface area contributed by atoms with Crippen molar-refractivity contribution in [3.8, 4) is 0 Å². The van der Waals surface area contributed by atoms with E-state index in [-0.39, 0.29) is 30.4 Å². The normalized spacial score (nSPS) is 18.7. The van der Waals surface area contributed by atoms with Crippen LogP contribution in [0, 0.1) is 11.7 Å². The molecule has 0 spiro atoms. The van der Waals surface area contributed by atoms with Gasteiger partial charge in [-0.3, -0.25) is 9.48 Å². The lowest BCUT2D eigenvalue weighted by Gasteiger charge is -2.27. The molecule has 1 atom stereocenters. The molecule has 7 nitrogen and oxygen atoms in total. The molecule has 11 heteroatoms. The van der Waals surface area contributed by atoms with Crippen LogP contribution in [0.25, 0.3) is 0 Å². The number of fused-ring (bicyclic) bond motifs is 3. The molecule has 2 aliphatic rings. The molecule has 0 bridgehead atoms. The van der Waals surface area contributed by atoms with Crippen LogP contribution in [-0.4, -0.2) is 46.1 Å². The number of urea groups is 1. The van der Waals surface area contributed by atoms with Crippen molar-refractivity contribution < 1.29 is 22.8 Å². The summed E-state index contributed by atoms with van der Waals surface area (Å²) in [4.78, 5) is 26.5. The third-order valence-electron chi connectivity index (χ3n) is 5.06. The summed E-state index contributed by atoms with van der Waals surface area (Å²) in [5.41, 5.74) is 1.72. The molecule has 0 saturated carbocycles. The molecule has 4 rings (SSSR count). The fourth-order valence-corrected chi connectivity index (χ4v) is 3.71. The smallest absolute Gasteiger partial charge is 0.322 e. The van der Waals surface area contributed by atoms with E-state index in [1.54, 1.807) is 0 Å². The van der Waals surface area contributed by atoms with Crippen LogP contribution in [0.5, 0.6) is 0 Å². The Morgan fingerprint density at radius 1 is 1.38 bits per heavy atom. The number of carbonyl (C=O) groups is 2. The molecule has 3 amide bonds. The molecule has 1 aromatic carbocycles. The summed E-state index contributed by atoms with van der Waals surface area (Å²) in [6, 6.07) is 3.39. The number of aromatic nitrogens is 2. The number of hydrogen-bond donors (Lipinski definition) is 2. The van der Waals surface area contributed by atoms with Crippen LogP contribution < -0.4 is 10.6 Å². The molecule has 0 aliphatic carbocycles. The average molecular weight is 428 g/mol. The minimum Gasteiger partial charge on any atom is -0.350 e. The summed E-state index contributed by atoms with van der Waals surface area (Å²) in [6.07, 6.45) is -2.19. The quantitative estimate of drug-likeness (QED) is 0.773. The standard InChI is InChI=1S/C18H17ClF3N5O2/c19-12-5-10(1-2-13(12)20)24-18(29)26-4-3-14-11(8-26)15-17(28)23-6-9(16(21)22)7-27(15)25-14/h1-2,5,9,16H,3-4,6-8H2,(H,23,28)(H,24,29). The lowest BCUT2D eigenvalue weighted by atomic mass is 10.1. The maximum atomic E-state index is 13.3. The summed E-state index contributed by atoms with van der Waals surface area (Å²) >= 11 is 5.73. The number of benzene rings is 1. The highest BCUT2D eigenvalue weighted by Crippen LogP contribution is 2.27. The van der Waals surface area contributed by atoms with E-state index in [9.17, 15) is 22.8 Å². The molecule has 2 aromatic rings. The van der Waals surface area contributed by atoms with Crippen molar-refractivity contribution >= 4 is 29.2 Å². The number of hydrogen-bond acceptors (Lipinski definition) is 3. The molecular weight excluding hydrogens is 411 g/mol. The van der Waals surface area contributed by atoms with Gasteiger partial charge in [-0.05, 0) is 18.2 Å². The second-order valence-electron chi connectivity index (χ2n) is 6.99. The third kappa shape index (κ3) is 3.76. The van der Waals surface area contributed by atoms with Gasteiger partial charge in [0.1, 0.15) is 11.5 Å². The molecule has 2 aliphatic heterocycles. The molecule has 0 saturated heterocycles. The number of rotatable bonds is 2. The van der Waals surface area contributed by atoms with Crippen molar-refractivity contribution in [3.63, 3.8) is 0 Å². The Balaban J connectivity index is 1.54. The minimum atomic E-state index is -2.58. The molecule has 0 radical (unpaired) electrons. The van der Waals surface area contributed by atoms with E-state index in [2.05, 4.69) is 15.7 Å². The summed E-state index contributed by atoms with van der Waals surface area (Å²) < 4.78 is 40.9. The first-order valence-corrected chi connectivity index (χ1v) is 9.37.